The van der Waals surface area contributed by atoms with Gasteiger partial charge in [-0.2, -0.15) is 0 Å². The van der Waals surface area contributed by atoms with Crippen molar-refractivity contribution in [2.45, 2.75) is 38.3 Å². The molecule has 0 aromatic heterocycles. The predicted molar refractivity (Wildman–Crippen MR) is 66.1 cm³/mol. The van der Waals surface area contributed by atoms with Gasteiger partial charge in [0.25, 0.3) is 0 Å². The average molecular weight is 255 g/mol. The second-order valence-corrected chi connectivity index (χ2v) is 5.56. The molecule has 1 atom stereocenters. The van der Waals surface area contributed by atoms with Crippen molar-refractivity contribution in [1.82, 2.24) is 5.32 Å². The standard InChI is InChI=1S/C14H19F2NO/c1-14(2,9-3-4-9)17-8-13(18)11-6-5-10(15)7-12(11)16/h5-7,9,13,17-18H,3-4,8H2,1-2H3. The molecule has 0 amide bonds. The van der Waals surface area contributed by atoms with Gasteiger partial charge >= 0.3 is 0 Å². The van der Waals surface area contributed by atoms with Crippen LogP contribution in [0.25, 0.3) is 0 Å². The Morgan fingerprint density at radius 3 is 2.61 bits per heavy atom. The summed E-state index contributed by atoms with van der Waals surface area (Å²) in [5, 5.41) is 13.2. The molecule has 1 aliphatic carbocycles. The minimum absolute atomic E-state index is 0.0442. The second kappa shape index (κ2) is 4.94. The highest BCUT2D eigenvalue weighted by atomic mass is 19.1. The molecule has 1 saturated carbocycles. The fourth-order valence-electron chi connectivity index (χ4n) is 2.19. The zero-order chi connectivity index (χ0) is 13.3. The van der Waals surface area contributed by atoms with E-state index in [1.54, 1.807) is 0 Å². The highest BCUT2D eigenvalue weighted by molar-refractivity contribution is 5.21. The summed E-state index contributed by atoms with van der Waals surface area (Å²) in [5.41, 5.74) is 0.0906. The summed E-state index contributed by atoms with van der Waals surface area (Å²) >= 11 is 0. The molecule has 1 aromatic carbocycles. The van der Waals surface area contributed by atoms with Gasteiger partial charge in [-0.15, -0.1) is 0 Å². The maximum Gasteiger partial charge on any atom is 0.131 e. The van der Waals surface area contributed by atoms with Crippen molar-refractivity contribution in [3.8, 4) is 0 Å². The van der Waals surface area contributed by atoms with E-state index >= 15 is 0 Å². The Labute approximate surface area is 106 Å². The van der Waals surface area contributed by atoms with Gasteiger partial charge in [0.2, 0.25) is 0 Å². The first kappa shape index (κ1) is 13.4. The lowest BCUT2D eigenvalue weighted by molar-refractivity contribution is 0.152. The molecule has 0 spiro atoms. The summed E-state index contributed by atoms with van der Waals surface area (Å²) in [6.45, 7) is 4.43. The smallest absolute Gasteiger partial charge is 0.131 e. The lowest BCUT2D eigenvalue weighted by atomic mass is 9.98. The fourth-order valence-corrected chi connectivity index (χ4v) is 2.19. The number of hydrogen-bond donors (Lipinski definition) is 2. The van der Waals surface area contributed by atoms with Crippen LogP contribution in [0.15, 0.2) is 18.2 Å². The number of β-amino-alcohol motifs (C(OH)–C–C–N with tert-alkyl or cyclic N) is 1. The van der Waals surface area contributed by atoms with Crippen LogP contribution < -0.4 is 5.32 Å². The lowest BCUT2D eigenvalue weighted by Gasteiger charge is -2.28. The molecule has 0 radical (unpaired) electrons. The van der Waals surface area contributed by atoms with Gasteiger partial charge in [-0.25, -0.2) is 8.78 Å². The van der Waals surface area contributed by atoms with E-state index in [1.807, 2.05) is 0 Å². The third-order valence-electron chi connectivity index (χ3n) is 3.67. The highest BCUT2D eigenvalue weighted by Gasteiger charge is 2.37. The summed E-state index contributed by atoms with van der Waals surface area (Å²) in [6.07, 6.45) is 1.44. The van der Waals surface area contributed by atoms with E-state index in [-0.39, 0.29) is 17.6 Å². The fraction of sp³-hybridized carbons (Fsp3) is 0.571. The highest BCUT2D eigenvalue weighted by Crippen LogP contribution is 2.39. The van der Waals surface area contributed by atoms with Crippen molar-refractivity contribution >= 4 is 0 Å². The monoisotopic (exact) mass is 255 g/mol. The molecule has 0 aliphatic heterocycles. The van der Waals surface area contributed by atoms with Crippen LogP contribution in [-0.4, -0.2) is 17.2 Å². The van der Waals surface area contributed by atoms with E-state index in [1.165, 1.54) is 18.9 Å². The molecular weight excluding hydrogens is 236 g/mol. The van der Waals surface area contributed by atoms with Gasteiger partial charge in [-0.05, 0) is 38.7 Å². The van der Waals surface area contributed by atoms with Crippen molar-refractivity contribution in [3.05, 3.63) is 35.4 Å². The van der Waals surface area contributed by atoms with Crippen LogP contribution in [0, 0.1) is 17.6 Å². The minimum Gasteiger partial charge on any atom is -0.387 e. The van der Waals surface area contributed by atoms with Crippen molar-refractivity contribution in [2.75, 3.05) is 6.54 Å². The maximum atomic E-state index is 13.5. The first-order valence-electron chi connectivity index (χ1n) is 6.28. The molecule has 4 heteroatoms. The minimum atomic E-state index is -0.955. The number of nitrogens with one attached hydrogen (secondary N) is 1. The van der Waals surface area contributed by atoms with E-state index < -0.39 is 17.7 Å². The Bertz CT molecular complexity index is 430. The quantitative estimate of drug-likeness (QED) is 0.848. The SMILES string of the molecule is CC(C)(NCC(O)c1ccc(F)cc1F)C1CC1. The Morgan fingerprint density at radius 1 is 1.39 bits per heavy atom. The van der Waals surface area contributed by atoms with Gasteiger partial charge < -0.3 is 10.4 Å². The van der Waals surface area contributed by atoms with Crippen LogP contribution in [0.5, 0.6) is 0 Å². The summed E-state index contributed by atoms with van der Waals surface area (Å²) in [7, 11) is 0. The van der Waals surface area contributed by atoms with Gasteiger partial charge in [0.15, 0.2) is 0 Å². The van der Waals surface area contributed by atoms with Gasteiger partial charge in [0, 0.05) is 23.7 Å². The second-order valence-electron chi connectivity index (χ2n) is 5.56. The van der Waals surface area contributed by atoms with Crippen molar-refractivity contribution < 1.29 is 13.9 Å². The summed E-state index contributed by atoms with van der Waals surface area (Å²) in [5.74, 6) is -0.703. The van der Waals surface area contributed by atoms with E-state index in [4.69, 9.17) is 0 Å². The van der Waals surface area contributed by atoms with E-state index in [2.05, 4.69) is 19.2 Å². The summed E-state index contributed by atoms with van der Waals surface area (Å²) < 4.78 is 26.2. The summed E-state index contributed by atoms with van der Waals surface area (Å²) in [6, 6.07) is 3.25. The molecule has 1 unspecified atom stereocenters. The molecule has 2 N–H and O–H groups in total. The zero-order valence-corrected chi connectivity index (χ0v) is 10.7. The number of hydrogen-bond acceptors (Lipinski definition) is 2. The van der Waals surface area contributed by atoms with E-state index in [9.17, 15) is 13.9 Å². The van der Waals surface area contributed by atoms with Crippen LogP contribution in [0.2, 0.25) is 0 Å². The molecular formula is C14H19F2NO. The van der Waals surface area contributed by atoms with Crippen LogP contribution in [0.1, 0.15) is 38.4 Å². The lowest BCUT2D eigenvalue weighted by Crippen LogP contribution is -2.43. The number of halogens is 2. The number of rotatable bonds is 5. The van der Waals surface area contributed by atoms with Crippen LogP contribution in [0.4, 0.5) is 8.78 Å². The summed E-state index contributed by atoms with van der Waals surface area (Å²) in [4.78, 5) is 0. The molecule has 1 fully saturated rings. The molecule has 2 nitrogen and oxygen atoms in total. The number of aliphatic hydroxyl groups excluding tert-OH is 1. The first-order chi connectivity index (χ1) is 8.40. The molecule has 100 valence electrons. The normalized spacial score (nSPS) is 17.8. The van der Waals surface area contributed by atoms with Crippen molar-refractivity contribution in [1.29, 1.82) is 0 Å². The molecule has 1 aromatic rings. The Balaban J connectivity index is 1.96. The van der Waals surface area contributed by atoms with Crippen molar-refractivity contribution in [3.63, 3.8) is 0 Å². The number of aliphatic hydroxyl groups is 1. The van der Waals surface area contributed by atoms with Gasteiger partial charge in [0.05, 0.1) is 6.10 Å². The Hall–Kier alpha value is -1.00. The molecule has 0 heterocycles. The van der Waals surface area contributed by atoms with Gasteiger partial charge in [0.1, 0.15) is 11.6 Å². The zero-order valence-electron chi connectivity index (χ0n) is 10.7. The van der Waals surface area contributed by atoms with Crippen LogP contribution in [-0.2, 0) is 0 Å². The average Bonchev–Trinajstić information content (AvgIpc) is 3.10. The largest absolute Gasteiger partial charge is 0.387 e. The maximum absolute atomic E-state index is 13.5. The Kier molecular flexibility index (Phi) is 3.69. The van der Waals surface area contributed by atoms with Crippen LogP contribution >= 0.6 is 0 Å². The van der Waals surface area contributed by atoms with Gasteiger partial charge in [-0.3, -0.25) is 0 Å². The third-order valence-corrected chi connectivity index (χ3v) is 3.67. The molecule has 2 rings (SSSR count). The van der Waals surface area contributed by atoms with Gasteiger partial charge in [-0.1, -0.05) is 6.07 Å². The molecule has 1 aliphatic rings. The predicted octanol–water partition coefficient (Wildman–Crippen LogP) is 2.78. The topological polar surface area (TPSA) is 32.3 Å². The number of benzene rings is 1. The molecule has 18 heavy (non-hydrogen) atoms. The Morgan fingerprint density at radius 2 is 2.06 bits per heavy atom. The van der Waals surface area contributed by atoms with Crippen LogP contribution in [0.3, 0.4) is 0 Å². The van der Waals surface area contributed by atoms with Crippen molar-refractivity contribution in [2.24, 2.45) is 5.92 Å². The third kappa shape index (κ3) is 3.06. The van der Waals surface area contributed by atoms with E-state index in [0.29, 0.717) is 5.92 Å². The first-order valence-corrected chi connectivity index (χ1v) is 6.28. The molecule has 0 bridgehead atoms. The van der Waals surface area contributed by atoms with E-state index in [0.717, 1.165) is 12.1 Å². The molecule has 0 saturated heterocycles.